The molecule has 5 nitrogen and oxygen atoms in total. The summed E-state index contributed by atoms with van der Waals surface area (Å²) in [4.78, 5) is 28.5. The van der Waals surface area contributed by atoms with Gasteiger partial charge in [-0.1, -0.05) is 12.1 Å². The molecule has 1 fully saturated rings. The molecular formula is C18H24N2O3. The standard InChI is InChI=1S/C18H24N2O3/c1-13-6-5-7-14(2)20(13)17(21)10-11-19-15-8-3-4-9-16(15)23-12-18(19)22/h3-4,8-9,13-14H,5-7,10-12H2,1-2H3. The van der Waals surface area contributed by atoms with Crippen molar-refractivity contribution in [2.75, 3.05) is 18.1 Å². The zero-order chi connectivity index (χ0) is 16.4. The van der Waals surface area contributed by atoms with E-state index in [0.717, 1.165) is 18.5 Å². The van der Waals surface area contributed by atoms with Crippen LogP contribution in [0.2, 0.25) is 0 Å². The average molecular weight is 316 g/mol. The summed E-state index contributed by atoms with van der Waals surface area (Å²) in [5.74, 6) is 0.761. The minimum absolute atomic E-state index is 0.0434. The highest BCUT2D eigenvalue weighted by Crippen LogP contribution is 2.31. The summed E-state index contributed by atoms with van der Waals surface area (Å²) in [6, 6.07) is 8.06. The Labute approximate surface area is 137 Å². The topological polar surface area (TPSA) is 49.9 Å². The highest BCUT2D eigenvalue weighted by molar-refractivity contribution is 5.98. The summed E-state index contributed by atoms with van der Waals surface area (Å²) in [6.07, 6.45) is 3.67. The Balaban J connectivity index is 1.68. The van der Waals surface area contributed by atoms with Gasteiger partial charge in [-0.15, -0.1) is 0 Å². The molecule has 124 valence electrons. The van der Waals surface area contributed by atoms with Crippen LogP contribution in [0.1, 0.15) is 39.5 Å². The fourth-order valence-corrected chi connectivity index (χ4v) is 3.65. The van der Waals surface area contributed by atoms with Gasteiger partial charge in [0, 0.05) is 25.0 Å². The van der Waals surface area contributed by atoms with E-state index in [-0.39, 0.29) is 18.4 Å². The number of piperidine rings is 1. The maximum absolute atomic E-state index is 12.6. The Bertz CT molecular complexity index is 592. The largest absolute Gasteiger partial charge is 0.482 e. The molecule has 3 rings (SSSR count). The van der Waals surface area contributed by atoms with Crippen LogP contribution in [0, 0.1) is 0 Å². The van der Waals surface area contributed by atoms with Gasteiger partial charge in [0.15, 0.2) is 6.61 Å². The Morgan fingerprint density at radius 2 is 1.91 bits per heavy atom. The zero-order valence-electron chi connectivity index (χ0n) is 13.8. The van der Waals surface area contributed by atoms with Gasteiger partial charge in [-0.2, -0.15) is 0 Å². The lowest BCUT2D eigenvalue weighted by atomic mass is 9.97. The van der Waals surface area contributed by atoms with Crippen LogP contribution in [0.4, 0.5) is 5.69 Å². The molecule has 0 bridgehead atoms. The van der Waals surface area contributed by atoms with E-state index in [9.17, 15) is 9.59 Å². The van der Waals surface area contributed by atoms with Crippen molar-refractivity contribution in [2.45, 2.75) is 51.6 Å². The van der Waals surface area contributed by atoms with Gasteiger partial charge in [0.25, 0.3) is 5.91 Å². The number of fused-ring (bicyclic) bond motifs is 1. The first-order chi connectivity index (χ1) is 11.1. The van der Waals surface area contributed by atoms with Crippen molar-refractivity contribution in [3.63, 3.8) is 0 Å². The molecule has 23 heavy (non-hydrogen) atoms. The normalized spacial score (nSPS) is 24.2. The van der Waals surface area contributed by atoms with Crippen LogP contribution in [-0.2, 0) is 9.59 Å². The Morgan fingerprint density at radius 3 is 2.65 bits per heavy atom. The Hall–Kier alpha value is -2.04. The maximum atomic E-state index is 12.6. The second-order valence-corrected chi connectivity index (χ2v) is 6.48. The third-order valence-electron chi connectivity index (χ3n) is 4.84. The van der Waals surface area contributed by atoms with E-state index in [1.807, 2.05) is 29.2 Å². The van der Waals surface area contributed by atoms with Gasteiger partial charge >= 0.3 is 0 Å². The molecule has 0 aliphatic carbocycles. The minimum atomic E-state index is -0.0868. The Morgan fingerprint density at radius 1 is 1.22 bits per heavy atom. The van der Waals surface area contributed by atoms with Crippen LogP contribution in [-0.4, -0.2) is 41.9 Å². The highest BCUT2D eigenvalue weighted by atomic mass is 16.5. The predicted octanol–water partition coefficient (Wildman–Crippen LogP) is 2.59. The van der Waals surface area contributed by atoms with Crippen LogP contribution in [0.25, 0.3) is 0 Å². The van der Waals surface area contributed by atoms with Gasteiger partial charge in [-0.3, -0.25) is 9.59 Å². The van der Waals surface area contributed by atoms with Crippen LogP contribution < -0.4 is 9.64 Å². The molecule has 0 spiro atoms. The average Bonchev–Trinajstić information content (AvgIpc) is 2.54. The van der Waals surface area contributed by atoms with Gasteiger partial charge in [-0.25, -0.2) is 0 Å². The molecule has 2 unspecified atom stereocenters. The van der Waals surface area contributed by atoms with E-state index in [0.29, 0.717) is 30.8 Å². The molecule has 1 aromatic carbocycles. The summed E-state index contributed by atoms with van der Waals surface area (Å²) in [7, 11) is 0. The van der Waals surface area contributed by atoms with Crippen molar-refractivity contribution in [3.8, 4) is 5.75 Å². The van der Waals surface area contributed by atoms with Crippen molar-refractivity contribution in [3.05, 3.63) is 24.3 Å². The maximum Gasteiger partial charge on any atom is 0.265 e. The smallest absolute Gasteiger partial charge is 0.265 e. The quantitative estimate of drug-likeness (QED) is 0.861. The van der Waals surface area contributed by atoms with Gasteiger partial charge in [0.2, 0.25) is 5.91 Å². The number of rotatable bonds is 3. The molecule has 0 N–H and O–H groups in total. The molecule has 1 saturated heterocycles. The summed E-state index contributed by atoms with van der Waals surface area (Å²) >= 11 is 0. The predicted molar refractivity (Wildman–Crippen MR) is 88.5 cm³/mol. The number of amides is 2. The van der Waals surface area contributed by atoms with E-state index in [1.54, 1.807) is 4.90 Å². The van der Waals surface area contributed by atoms with Gasteiger partial charge in [-0.05, 0) is 45.2 Å². The molecule has 5 heteroatoms. The van der Waals surface area contributed by atoms with E-state index in [2.05, 4.69) is 13.8 Å². The summed E-state index contributed by atoms with van der Waals surface area (Å²) in [5, 5.41) is 0. The van der Waals surface area contributed by atoms with Crippen molar-refractivity contribution >= 4 is 17.5 Å². The number of hydrogen-bond donors (Lipinski definition) is 0. The Kier molecular flexibility index (Phi) is 4.55. The number of carbonyl (C=O) groups excluding carboxylic acids is 2. The van der Waals surface area contributed by atoms with Gasteiger partial charge < -0.3 is 14.5 Å². The number of hydrogen-bond acceptors (Lipinski definition) is 3. The molecule has 2 amide bonds. The van der Waals surface area contributed by atoms with Crippen molar-refractivity contribution in [1.82, 2.24) is 4.90 Å². The van der Waals surface area contributed by atoms with Crippen molar-refractivity contribution in [2.24, 2.45) is 0 Å². The molecular weight excluding hydrogens is 292 g/mol. The monoisotopic (exact) mass is 316 g/mol. The molecule has 2 aliphatic heterocycles. The second-order valence-electron chi connectivity index (χ2n) is 6.48. The van der Waals surface area contributed by atoms with E-state index < -0.39 is 0 Å². The molecule has 0 radical (unpaired) electrons. The fraction of sp³-hybridized carbons (Fsp3) is 0.556. The lowest BCUT2D eigenvalue weighted by Gasteiger charge is -2.39. The summed E-state index contributed by atoms with van der Waals surface area (Å²) < 4.78 is 5.44. The van der Waals surface area contributed by atoms with Gasteiger partial charge in [0.05, 0.1) is 5.69 Å². The van der Waals surface area contributed by atoms with Crippen molar-refractivity contribution in [1.29, 1.82) is 0 Å². The van der Waals surface area contributed by atoms with E-state index in [1.165, 1.54) is 6.42 Å². The van der Waals surface area contributed by atoms with Crippen molar-refractivity contribution < 1.29 is 14.3 Å². The number of ether oxygens (including phenoxy) is 1. The number of anilines is 1. The number of nitrogens with zero attached hydrogens (tertiary/aromatic N) is 2. The van der Waals surface area contributed by atoms with Crippen LogP contribution in [0.3, 0.4) is 0 Å². The van der Waals surface area contributed by atoms with Crippen LogP contribution >= 0.6 is 0 Å². The molecule has 2 heterocycles. The lowest BCUT2D eigenvalue weighted by molar-refractivity contribution is -0.137. The van der Waals surface area contributed by atoms with Gasteiger partial charge in [0.1, 0.15) is 5.75 Å². The molecule has 0 saturated carbocycles. The van der Waals surface area contributed by atoms with Crippen LogP contribution in [0.15, 0.2) is 24.3 Å². The molecule has 2 atom stereocenters. The SMILES string of the molecule is CC1CCCC(C)N1C(=O)CCN1C(=O)COc2ccccc21. The van der Waals surface area contributed by atoms with E-state index in [4.69, 9.17) is 4.74 Å². The number of para-hydroxylation sites is 2. The molecule has 2 aliphatic rings. The first-order valence-electron chi connectivity index (χ1n) is 8.41. The third-order valence-corrected chi connectivity index (χ3v) is 4.84. The highest BCUT2D eigenvalue weighted by Gasteiger charge is 2.30. The second kappa shape index (κ2) is 6.60. The van der Waals surface area contributed by atoms with E-state index >= 15 is 0 Å². The first-order valence-corrected chi connectivity index (χ1v) is 8.41. The third kappa shape index (κ3) is 3.19. The minimum Gasteiger partial charge on any atom is -0.482 e. The number of benzene rings is 1. The lowest BCUT2D eigenvalue weighted by Crippen LogP contribution is -2.49. The molecule has 0 aromatic heterocycles. The summed E-state index contributed by atoms with van der Waals surface area (Å²) in [6.45, 7) is 4.68. The number of likely N-dealkylation sites (tertiary alicyclic amines) is 1. The first kappa shape index (κ1) is 15.8. The van der Waals surface area contributed by atoms with Crippen LogP contribution in [0.5, 0.6) is 5.75 Å². The summed E-state index contributed by atoms with van der Waals surface area (Å²) in [5.41, 5.74) is 0.760. The fourth-order valence-electron chi connectivity index (χ4n) is 3.65. The zero-order valence-corrected chi connectivity index (χ0v) is 13.8. The number of carbonyl (C=O) groups is 2. The molecule has 1 aromatic rings.